The van der Waals surface area contributed by atoms with E-state index < -0.39 is 5.91 Å². The SMILES string of the molecule is CCNC(=NCc1ccc(C(N)=O)o1)NCC(CC)CC. The second kappa shape index (κ2) is 9.05. The predicted octanol–water partition coefficient (Wildman–Crippen LogP) is 1.87. The first kappa shape index (κ1) is 17.1. The van der Waals surface area contributed by atoms with Gasteiger partial charge in [-0.25, -0.2) is 4.99 Å². The number of primary amides is 1. The highest BCUT2D eigenvalue weighted by atomic mass is 16.3. The van der Waals surface area contributed by atoms with Crippen molar-refractivity contribution in [2.45, 2.75) is 40.2 Å². The molecule has 0 saturated heterocycles. The summed E-state index contributed by atoms with van der Waals surface area (Å²) in [6.07, 6.45) is 2.28. The highest BCUT2D eigenvalue weighted by Crippen LogP contribution is 2.08. The number of hydrogen-bond donors (Lipinski definition) is 3. The quantitative estimate of drug-likeness (QED) is 0.504. The zero-order valence-electron chi connectivity index (χ0n) is 13.1. The second-order valence-corrected chi connectivity index (χ2v) is 4.89. The van der Waals surface area contributed by atoms with Crippen LogP contribution in [0.2, 0.25) is 0 Å². The molecule has 1 aromatic heterocycles. The van der Waals surface area contributed by atoms with Crippen molar-refractivity contribution in [1.82, 2.24) is 10.6 Å². The van der Waals surface area contributed by atoms with Crippen LogP contribution in [0.15, 0.2) is 21.5 Å². The van der Waals surface area contributed by atoms with E-state index in [0.717, 1.165) is 31.9 Å². The Balaban J connectivity index is 2.59. The van der Waals surface area contributed by atoms with Crippen molar-refractivity contribution in [1.29, 1.82) is 0 Å². The number of hydrogen-bond acceptors (Lipinski definition) is 3. The van der Waals surface area contributed by atoms with E-state index in [1.165, 1.54) is 0 Å². The standard InChI is InChI=1S/C15H26N4O2/c1-4-11(5-2)9-18-15(17-6-3)19-10-12-7-8-13(21-12)14(16)20/h7-8,11H,4-6,9-10H2,1-3H3,(H2,16,20)(H2,17,18,19). The minimum absolute atomic E-state index is 0.162. The zero-order chi connectivity index (χ0) is 15.7. The van der Waals surface area contributed by atoms with Gasteiger partial charge in [-0.2, -0.15) is 0 Å². The van der Waals surface area contributed by atoms with E-state index in [2.05, 4.69) is 29.5 Å². The molecule has 0 unspecified atom stereocenters. The Bertz CT molecular complexity index is 464. The summed E-state index contributed by atoms with van der Waals surface area (Å²) in [5, 5.41) is 6.52. The lowest BCUT2D eigenvalue weighted by molar-refractivity contribution is 0.0972. The van der Waals surface area contributed by atoms with E-state index in [4.69, 9.17) is 10.2 Å². The molecule has 6 nitrogen and oxygen atoms in total. The van der Waals surface area contributed by atoms with Crippen LogP contribution in [0.5, 0.6) is 0 Å². The number of nitrogens with one attached hydrogen (secondary N) is 2. The Labute approximate surface area is 126 Å². The summed E-state index contributed by atoms with van der Waals surface area (Å²) in [7, 11) is 0. The molecule has 0 spiro atoms. The minimum Gasteiger partial charge on any atom is -0.454 e. The minimum atomic E-state index is -0.566. The van der Waals surface area contributed by atoms with Crippen molar-refractivity contribution >= 4 is 11.9 Å². The van der Waals surface area contributed by atoms with Crippen molar-refractivity contribution in [3.63, 3.8) is 0 Å². The van der Waals surface area contributed by atoms with Gasteiger partial charge in [0, 0.05) is 13.1 Å². The van der Waals surface area contributed by atoms with E-state index in [-0.39, 0.29) is 5.76 Å². The smallest absolute Gasteiger partial charge is 0.284 e. The maximum Gasteiger partial charge on any atom is 0.284 e. The average Bonchev–Trinajstić information content (AvgIpc) is 2.94. The molecule has 6 heteroatoms. The van der Waals surface area contributed by atoms with Gasteiger partial charge in [0.2, 0.25) is 0 Å². The van der Waals surface area contributed by atoms with Gasteiger partial charge in [-0.15, -0.1) is 0 Å². The largest absolute Gasteiger partial charge is 0.454 e. The molecule has 1 amide bonds. The summed E-state index contributed by atoms with van der Waals surface area (Å²) in [6.45, 7) is 8.45. The number of rotatable bonds is 8. The number of guanidine groups is 1. The zero-order valence-corrected chi connectivity index (χ0v) is 13.1. The fourth-order valence-corrected chi connectivity index (χ4v) is 1.91. The Morgan fingerprint density at radius 1 is 1.29 bits per heavy atom. The number of nitrogens with two attached hydrogens (primary N) is 1. The summed E-state index contributed by atoms with van der Waals surface area (Å²) in [5.41, 5.74) is 5.15. The van der Waals surface area contributed by atoms with E-state index in [1.54, 1.807) is 12.1 Å². The first-order valence-corrected chi connectivity index (χ1v) is 7.51. The lowest BCUT2D eigenvalue weighted by atomic mass is 10.0. The second-order valence-electron chi connectivity index (χ2n) is 4.89. The molecule has 0 bridgehead atoms. The van der Waals surface area contributed by atoms with E-state index in [1.807, 2.05) is 6.92 Å². The third kappa shape index (κ3) is 5.89. The molecular formula is C15H26N4O2. The first-order chi connectivity index (χ1) is 10.1. The van der Waals surface area contributed by atoms with Gasteiger partial charge in [0.15, 0.2) is 11.7 Å². The fraction of sp³-hybridized carbons (Fsp3) is 0.600. The number of amides is 1. The van der Waals surface area contributed by atoms with Crippen molar-refractivity contribution in [3.8, 4) is 0 Å². The van der Waals surface area contributed by atoms with Gasteiger partial charge < -0.3 is 20.8 Å². The van der Waals surface area contributed by atoms with Gasteiger partial charge >= 0.3 is 0 Å². The van der Waals surface area contributed by atoms with Crippen molar-refractivity contribution < 1.29 is 9.21 Å². The van der Waals surface area contributed by atoms with E-state index in [0.29, 0.717) is 18.2 Å². The lowest BCUT2D eigenvalue weighted by Crippen LogP contribution is -2.39. The molecule has 118 valence electrons. The molecule has 0 fully saturated rings. The molecule has 1 aromatic rings. The van der Waals surface area contributed by atoms with Crippen LogP contribution in [0.25, 0.3) is 0 Å². The fourth-order valence-electron chi connectivity index (χ4n) is 1.91. The summed E-state index contributed by atoms with van der Waals surface area (Å²) in [4.78, 5) is 15.4. The molecule has 0 aliphatic carbocycles. The van der Waals surface area contributed by atoms with Gasteiger partial charge in [-0.3, -0.25) is 4.79 Å². The molecule has 0 aliphatic heterocycles. The average molecular weight is 294 g/mol. The monoisotopic (exact) mass is 294 g/mol. The molecule has 0 radical (unpaired) electrons. The third-order valence-electron chi connectivity index (χ3n) is 3.35. The van der Waals surface area contributed by atoms with Gasteiger partial charge in [-0.05, 0) is 25.0 Å². The van der Waals surface area contributed by atoms with Crippen LogP contribution >= 0.6 is 0 Å². The van der Waals surface area contributed by atoms with Crippen LogP contribution < -0.4 is 16.4 Å². The molecule has 1 rings (SSSR count). The molecule has 1 heterocycles. The summed E-state index contributed by atoms with van der Waals surface area (Å²) in [6, 6.07) is 3.28. The van der Waals surface area contributed by atoms with Crippen LogP contribution in [0.4, 0.5) is 0 Å². The van der Waals surface area contributed by atoms with Crippen LogP contribution in [0, 0.1) is 5.92 Å². The van der Waals surface area contributed by atoms with Gasteiger partial charge in [0.05, 0.1) is 0 Å². The molecule has 0 aromatic carbocycles. The normalized spacial score (nSPS) is 11.7. The number of carbonyl (C=O) groups excluding carboxylic acids is 1. The van der Waals surface area contributed by atoms with Crippen LogP contribution in [0.3, 0.4) is 0 Å². The summed E-state index contributed by atoms with van der Waals surface area (Å²) < 4.78 is 5.30. The van der Waals surface area contributed by atoms with Gasteiger partial charge in [0.25, 0.3) is 5.91 Å². The van der Waals surface area contributed by atoms with Gasteiger partial charge in [0.1, 0.15) is 12.3 Å². The number of furan rings is 1. The van der Waals surface area contributed by atoms with Crippen molar-refractivity contribution in [3.05, 3.63) is 23.7 Å². The molecular weight excluding hydrogens is 268 g/mol. The van der Waals surface area contributed by atoms with E-state index >= 15 is 0 Å². The molecule has 0 saturated carbocycles. The Kier molecular flexibility index (Phi) is 7.36. The number of nitrogens with zero attached hydrogens (tertiary/aromatic N) is 1. The van der Waals surface area contributed by atoms with Crippen LogP contribution in [0.1, 0.15) is 49.9 Å². The van der Waals surface area contributed by atoms with Crippen LogP contribution in [-0.2, 0) is 6.54 Å². The van der Waals surface area contributed by atoms with Crippen molar-refractivity contribution in [2.24, 2.45) is 16.6 Å². The molecule has 21 heavy (non-hydrogen) atoms. The molecule has 0 aliphatic rings. The summed E-state index contributed by atoms with van der Waals surface area (Å²) >= 11 is 0. The van der Waals surface area contributed by atoms with Crippen molar-refractivity contribution in [2.75, 3.05) is 13.1 Å². The first-order valence-electron chi connectivity index (χ1n) is 7.51. The summed E-state index contributed by atoms with van der Waals surface area (Å²) in [5.74, 6) is 1.60. The molecule has 4 N–H and O–H groups in total. The Morgan fingerprint density at radius 3 is 2.52 bits per heavy atom. The molecule has 0 atom stereocenters. The maximum absolute atomic E-state index is 11.0. The third-order valence-corrected chi connectivity index (χ3v) is 3.35. The van der Waals surface area contributed by atoms with Crippen LogP contribution in [-0.4, -0.2) is 25.0 Å². The maximum atomic E-state index is 11.0. The highest BCUT2D eigenvalue weighted by molar-refractivity contribution is 5.89. The number of carbonyl (C=O) groups is 1. The Hall–Kier alpha value is -1.98. The van der Waals surface area contributed by atoms with E-state index in [9.17, 15) is 4.79 Å². The van der Waals surface area contributed by atoms with Gasteiger partial charge in [-0.1, -0.05) is 26.7 Å². The highest BCUT2D eigenvalue weighted by Gasteiger charge is 2.08. The Morgan fingerprint density at radius 2 is 2.00 bits per heavy atom. The number of aliphatic imine (C=N–C) groups is 1. The topological polar surface area (TPSA) is 92.6 Å². The lowest BCUT2D eigenvalue weighted by Gasteiger charge is -2.16. The predicted molar refractivity (Wildman–Crippen MR) is 84.1 cm³/mol.